The molecule has 0 aromatic carbocycles. The fourth-order valence-electron chi connectivity index (χ4n) is 3.93. The van der Waals surface area contributed by atoms with Gasteiger partial charge in [-0.25, -0.2) is 4.98 Å². The minimum atomic E-state index is -0.206. The first-order valence-corrected chi connectivity index (χ1v) is 10.9. The summed E-state index contributed by atoms with van der Waals surface area (Å²) < 4.78 is 5.34. The highest BCUT2D eigenvalue weighted by atomic mass is 32.1. The van der Waals surface area contributed by atoms with Gasteiger partial charge in [0.1, 0.15) is 16.9 Å². The first-order valence-electron chi connectivity index (χ1n) is 10.0. The zero-order valence-corrected chi connectivity index (χ0v) is 19.2. The quantitative estimate of drug-likeness (QED) is 0.573. The molecule has 32 heavy (non-hydrogen) atoms. The first kappa shape index (κ1) is 21.6. The molecule has 11 heteroatoms. The molecular formula is C21H25N9OS. The normalized spacial score (nSPS) is 15.5. The molecular weight excluding hydrogens is 426 g/mol. The minimum absolute atomic E-state index is 0.114. The van der Waals surface area contributed by atoms with E-state index in [0.29, 0.717) is 41.4 Å². The van der Waals surface area contributed by atoms with Crippen LogP contribution in [0.3, 0.4) is 0 Å². The zero-order chi connectivity index (χ0) is 23.0. The molecule has 1 saturated heterocycles. The molecule has 10 nitrogen and oxygen atoms in total. The Morgan fingerprint density at radius 1 is 1.31 bits per heavy atom. The summed E-state index contributed by atoms with van der Waals surface area (Å²) >= 11 is 1.40. The largest absolute Gasteiger partial charge is 0.467 e. The molecule has 0 saturated carbocycles. The van der Waals surface area contributed by atoms with E-state index in [2.05, 4.69) is 32.9 Å². The molecule has 3 aromatic heterocycles. The van der Waals surface area contributed by atoms with Crippen molar-refractivity contribution >= 4 is 34.1 Å². The van der Waals surface area contributed by atoms with Gasteiger partial charge in [0.05, 0.1) is 18.7 Å². The van der Waals surface area contributed by atoms with E-state index in [4.69, 9.17) is 16.2 Å². The van der Waals surface area contributed by atoms with Gasteiger partial charge in [-0.3, -0.25) is 0 Å². The Kier molecular flexibility index (Phi) is 5.48. The van der Waals surface area contributed by atoms with E-state index >= 15 is 0 Å². The molecule has 1 aliphatic rings. The number of rotatable bonds is 6. The summed E-state index contributed by atoms with van der Waals surface area (Å²) in [4.78, 5) is 21.7. The molecule has 1 atom stereocenters. The molecule has 0 radical (unpaired) electrons. The highest BCUT2D eigenvalue weighted by molar-refractivity contribution is 7.14. The molecule has 1 aliphatic heterocycles. The van der Waals surface area contributed by atoms with Crippen LogP contribution in [0.15, 0.2) is 23.7 Å². The molecule has 3 aromatic rings. The van der Waals surface area contributed by atoms with E-state index in [1.807, 2.05) is 41.3 Å². The van der Waals surface area contributed by atoms with Gasteiger partial charge in [-0.05, 0) is 23.9 Å². The Hall–Kier alpha value is -3.65. The van der Waals surface area contributed by atoms with Crippen molar-refractivity contribution in [3.8, 4) is 12.1 Å². The molecule has 0 amide bonds. The number of nitrogens with two attached hydrogens (primary N) is 2. The number of pyridine rings is 1. The molecule has 1 fully saturated rings. The first-order chi connectivity index (χ1) is 15.3. The van der Waals surface area contributed by atoms with E-state index in [0.717, 1.165) is 11.1 Å². The fraction of sp³-hybridized carbons (Fsp3) is 0.381. The molecule has 0 bridgehead atoms. The Labute approximate surface area is 190 Å². The van der Waals surface area contributed by atoms with E-state index in [9.17, 15) is 5.26 Å². The summed E-state index contributed by atoms with van der Waals surface area (Å²) in [5.74, 6) is 1.45. The molecule has 166 valence electrons. The molecule has 4 heterocycles. The fourth-order valence-corrected chi connectivity index (χ4v) is 4.85. The van der Waals surface area contributed by atoms with E-state index in [1.165, 1.54) is 18.4 Å². The number of thiophene rings is 1. The Morgan fingerprint density at radius 3 is 2.72 bits per heavy atom. The molecule has 4 rings (SSSR count). The Balaban J connectivity index is 1.60. The summed E-state index contributed by atoms with van der Waals surface area (Å²) in [6.45, 7) is 5.43. The van der Waals surface area contributed by atoms with Crippen LogP contribution in [0, 0.1) is 11.3 Å². The van der Waals surface area contributed by atoms with Crippen LogP contribution in [-0.4, -0.2) is 47.2 Å². The van der Waals surface area contributed by atoms with Crippen molar-refractivity contribution in [3.63, 3.8) is 0 Å². The van der Waals surface area contributed by atoms with Crippen LogP contribution in [0.1, 0.15) is 36.6 Å². The van der Waals surface area contributed by atoms with Crippen LogP contribution >= 0.6 is 11.3 Å². The molecule has 0 aliphatic carbocycles. The number of ether oxygens (including phenoxy) is 1. The second-order valence-electron chi connectivity index (χ2n) is 8.10. The third kappa shape index (κ3) is 3.62. The predicted octanol–water partition coefficient (Wildman–Crippen LogP) is 2.35. The van der Waals surface area contributed by atoms with Crippen molar-refractivity contribution in [2.45, 2.75) is 25.3 Å². The maximum absolute atomic E-state index is 9.48. The topological polar surface area (TPSA) is 143 Å². The second-order valence-corrected chi connectivity index (χ2v) is 9.02. The average Bonchev–Trinajstić information content (AvgIpc) is 3.16. The lowest BCUT2D eigenvalue weighted by Gasteiger charge is -2.48. The maximum Gasteiger partial charge on any atom is 0.322 e. The predicted molar refractivity (Wildman–Crippen MR) is 125 cm³/mol. The van der Waals surface area contributed by atoms with Gasteiger partial charge >= 0.3 is 6.01 Å². The number of methoxy groups -OCH3 is 1. The summed E-state index contributed by atoms with van der Waals surface area (Å²) in [6.07, 6.45) is 1.66. The van der Waals surface area contributed by atoms with Gasteiger partial charge in [0.25, 0.3) is 0 Å². The van der Waals surface area contributed by atoms with Crippen molar-refractivity contribution in [3.05, 3.63) is 40.4 Å². The number of nitrogen functional groups attached to an aromatic ring is 2. The van der Waals surface area contributed by atoms with Gasteiger partial charge < -0.3 is 26.0 Å². The average molecular weight is 452 g/mol. The van der Waals surface area contributed by atoms with E-state index in [-0.39, 0.29) is 17.5 Å². The summed E-state index contributed by atoms with van der Waals surface area (Å²) in [5.41, 5.74) is 14.2. The van der Waals surface area contributed by atoms with Crippen molar-refractivity contribution in [2.24, 2.45) is 0 Å². The molecule has 0 spiro atoms. The molecule has 4 N–H and O–H groups in total. The number of hydrogen-bond acceptors (Lipinski definition) is 11. The highest BCUT2D eigenvalue weighted by Crippen LogP contribution is 2.42. The van der Waals surface area contributed by atoms with Crippen LogP contribution in [-0.2, 0) is 5.41 Å². The van der Waals surface area contributed by atoms with Crippen LogP contribution in [0.5, 0.6) is 6.01 Å². The van der Waals surface area contributed by atoms with Crippen LogP contribution in [0.25, 0.3) is 0 Å². The monoisotopic (exact) mass is 451 g/mol. The Bertz CT molecular complexity index is 1180. The second kappa shape index (κ2) is 8.12. The Morgan fingerprint density at radius 2 is 2.06 bits per heavy atom. The van der Waals surface area contributed by atoms with Gasteiger partial charge in [-0.15, -0.1) is 11.3 Å². The van der Waals surface area contributed by atoms with Gasteiger partial charge in [-0.2, -0.15) is 20.2 Å². The van der Waals surface area contributed by atoms with Crippen LogP contribution in [0.4, 0.5) is 22.7 Å². The van der Waals surface area contributed by atoms with Crippen molar-refractivity contribution < 1.29 is 4.74 Å². The van der Waals surface area contributed by atoms with Gasteiger partial charge in [0, 0.05) is 37.3 Å². The van der Waals surface area contributed by atoms with Gasteiger partial charge in [-0.1, -0.05) is 13.0 Å². The maximum atomic E-state index is 9.48. The van der Waals surface area contributed by atoms with Crippen molar-refractivity contribution in [1.29, 1.82) is 5.26 Å². The number of anilines is 4. The van der Waals surface area contributed by atoms with Crippen molar-refractivity contribution in [1.82, 2.24) is 19.9 Å². The summed E-state index contributed by atoms with van der Waals surface area (Å²) in [6, 6.07) is 6.13. The van der Waals surface area contributed by atoms with Crippen molar-refractivity contribution in [2.75, 3.05) is 48.5 Å². The standard InChI is InChI=1S/C21H25N9OS/c1-12(13-6-5-7-25-16(13)23)29(3)18-26-19(28-20(27-18)31-4)30-10-21(2,11-30)15-9-32-17(24)14(15)8-22/h5-7,9,12H,10-11,24H2,1-4H3,(H2,23,25). The summed E-state index contributed by atoms with van der Waals surface area (Å²) in [7, 11) is 3.42. The third-order valence-electron chi connectivity index (χ3n) is 5.94. The van der Waals surface area contributed by atoms with Gasteiger partial charge in [0.2, 0.25) is 11.9 Å². The van der Waals surface area contributed by atoms with E-state index in [1.54, 1.807) is 6.20 Å². The smallest absolute Gasteiger partial charge is 0.322 e. The SMILES string of the molecule is COc1nc(N2CC(C)(c3csc(N)c3C#N)C2)nc(N(C)C(C)c2cccnc2N)n1. The lowest BCUT2D eigenvalue weighted by atomic mass is 9.75. The minimum Gasteiger partial charge on any atom is -0.467 e. The number of nitriles is 1. The zero-order valence-electron chi connectivity index (χ0n) is 18.4. The summed E-state index contributed by atoms with van der Waals surface area (Å²) in [5, 5.41) is 12.0. The van der Waals surface area contributed by atoms with Crippen LogP contribution in [0.2, 0.25) is 0 Å². The van der Waals surface area contributed by atoms with Gasteiger partial charge in [0.15, 0.2) is 0 Å². The molecule has 1 unspecified atom stereocenters. The third-order valence-corrected chi connectivity index (χ3v) is 6.75. The number of aromatic nitrogens is 4. The lowest BCUT2D eigenvalue weighted by Crippen LogP contribution is -2.58. The lowest BCUT2D eigenvalue weighted by molar-refractivity contribution is 0.348. The number of nitrogens with zero attached hydrogens (tertiary/aromatic N) is 7. The highest BCUT2D eigenvalue weighted by Gasteiger charge is 2.44. The number of hydrogen-bond donors (Lipinski definition) is 2. The van der Waals surface area contributed by atoms with Crippen LogP contribution < -0.4 is 26.0 Å². The van der Waals surface area contributed by atoms with E-state index < -0.39 is 0 Å².